The molecule has 0 amide bonds. The fourth-order valence-corrected chi connectivity index (χ4v) is 4.06. The quantitative estimate of drug-likeness (QED) is 0.800. The van der Waals surface area contributed by atoms with E-state index < -0.39 is 11.6 Å². The van der Waals surface area contributed by atoms with Crippen LogP contribution in [-0.2, 0) is 6.61 Å². The molecule has 1 saturated carbocycles. The topological polar surface area (TPSA) is 29.5 Å². The normalized spacial score (nSPS) is 19.2. The van der Waals surface area contributed by atoms with Crippen LogP contribution in [0, 0.1) is 17.0 Å². The van der Waals surface area contributed by atoms with E-state index in [4.69, 9.17) is 4.74 Å². The monoisotopic (exact) mass is 346 g/mol. The van der Waals surface area contributed by atoms with E-state index in [1.54, 1.807) is 0 Å². The van der Waals surface area contributed by atoms with Crippen molar-refractivity contribution < 1.29 is 18.6 Å². The van der Waals surface area contributed by atoms with Gasteiger partial charge in [0.15, 0.2) is 0 Å². The van der Waals surface area contributed by atoms with Gasteiger partial charge in [-0.15, -0.1) is 0 Å². The SMILES string of the molecule is COc1ccc(F)c(-c2c(F)cc(CO)cc2C2CCCC2(C)C)c1. The summed E-state index contributed by atoms with van der Waals surface area (Å²) < 4.78 is 34.7. The van der Waals surface area contributed by atoms with E-state index in [2.05, 4.69) is 13.8 Å². The van der Waals surface area contributed by atoms with Gasteiger partial charge in [0.1, 0.15) is 17.4 Å². The average Bonchev–Trinajstić information content (AvgIpc) is 2.94. The highest BCUT2D eigenvalue weighted by Crippen LogP contribution is 2.52. The molecule has 1 unspecified atom stereocenters. The van der Waals surface area contributed by atoms with E-state index in [0.29, 0.717) is 11.3 Å². The molecule has 1 N–H and O–H groups in total. The number of ether oxygens (including phenoxy) is 1. The predicted octanol–water partition coefficient (Wildman–Crippen LogP) is 5.43. The molecule has 2 aromatic rings. The number of rotatable bonds is 4. The summed E-state index contributed by atoms with van der Waals surface area (Å²) in [6.07, 6.45) is 3.03. The third-order valence-electron chi connectivity index (χ3n) is 5.44. The lowest BCUT2D eigenvalue weighted by molar-refractivity contribution is 0.280. The van der Waals surface area contributed by atoms with Gasteiger partial charge in [-0.2, -0.15) is 0 Å². The zero-order valence-corrected chi connectivity index (χ0v) is 14.9. The number of aliphatic hydroxyl groups is 1. The molecule has 25 heavy (non-hydrogen) atoms. The largest absolute Gasteiger partial charge is 0.497 e. The first-order valence-electron chi connectivity index (χ1n) is 8.64. The highest BCUT2D eigenvalue weighted by atomic mass is 19.1. The molecule has 3 rings (SSSR count). The molecule has 0 saturated heterocycles. The van der Waals surface area contributed by atoms with Crippen LogP contribution in [0.3, 0.4) is 0 Å². The summed E-state index contributed by atoms with van der Waals surface area (Å²) in [6, 6.07) is 7.49. The molecular formula is C21H24F2O2. The molecule has 0 spiro atoms. The first-order valence-corrected chi connectivity index (χ1v) is 8.64. The number of methoxy groups -OCH3 is 1. The van der Waals surface area contributed by atoms with Gasteiger partial charge < -0.3 is 9.84 Å². The molecule has 0 aliphatic heterocycles. The maximum absolute atomic E-state index is 15.0. The van der Waals surface area contributed by atoms with Crippen molar-refractivity contribution in [2.24, 2.45) is 5.41 Å². The molecule has 0 heterocycles. The van der Waals surface area contributed by atoms with Crippen LogP contribution in [0.15, 0.2) is 30.3 Å². The van der Waals surface area contributed by atoms with Gasteiger partial charge in [-0.05, 0) is 59.6 Å². The maximum atomic E-state index is 15.0. The first-order chi connectivity index (χ1) is 11.9. The number of hydrogen-bond acceptors (Lipinski definition) is 2. The van der Waals surface area contributed by atoms with Gasteiger partial charge in [0.25, 0.3) is 0 Å². The highest BCUT2D eigenvalue weighted by Gasteiger charge is 2.37. The summed E-state index contributed by atoms with van der Waals surface area (Å²) in [7, 11) is 1.50. The molecule has 134 valence electrons. The van der Waals surface area contributed by atoms with Crippen molar-refractivity contribution in [3.05, 3.63) is 53.1 Å². The smallest absolute Gasteiger partial charge is 0.131 e. The Balaban J connectivity index is 2.26. The first kappa shape index (κ1) is 17.9. The van der Waals surface area contributed by atoms with Crippen molar-refractivity contribution >= 4 is 0 Å². The molecule has 1 aliphatic carbocycles. The van der Waals surface area contributed by atoms with E-state index in [9.17, 15) is 13.9 Å². The molecule has 0 aromatic heterocycles. The Kier molecular flexibility index (Phi) is 4.83. The van der Waals surface area contributed by atoms with Crippen LogP contribution < -0.4 is 4.74 Å². The molecular weight excluding hydrogens is 322 g/mol. The van der Waals surface area contributed by atoms with Crippen LogP contribution in [0.2, 0.25) is 0 Å². The summed E-state index contributed by atoms with van der Waals surface area (Å²) in [4.78, 5) is 0. The second kappa shape index (κ2) is 6.75. The molecule has 1 fully saturated rings. The van der Waals surface area contributed by atoms with Crippen LogP contribution in [-0.4, -0.2) is 12.2 Å². The Morgan fingerprint density at radius 3 is 2.52 bits per heavy atom. The van der Waals surface area contributed by atoms with Crippen LogP contribution in [0.1, 0.15) is 50.2 Å². The lowest BCUT2D eigenvalue weighted by Crippen LogP contribution is -2.17. The van der Waals surface area contributed by atoms with Crippen LogP contribution >= 0.6 is 0 Å². The third-order valence-corrected chi connectivity index (χ3v) is 5.44. The minimum absolute atomic E-state index is 0.00458. The van der Waals surface area contributed by atoms with Crippen molar-refractivity contribution in [3.8, 4) is 16.9 Å². The fourth-order valence-electron chi connectivity index (χ4n) is 4.06. The Morgan fingerprint density at radius 1 is 1.16 bits per heavy atom. The Bertz CT molecular complexity index is 784. The fraction of sp³-hybridized carbons (Fsp3) is 0.429. The number of halogens is 2. The standard InChI is InChI=1S/C21H24F2O2/c1-21(2)8-4-5-17(21)15-9-13(12-24)10-19(23)20(15)16-11-14(25-3)6-7-18(16)22/h6-7,9-11,17,24H,4-5,8,12H2,1-3H3. The Hall–Kier alpha value is -1.94. The summed E-state index contributed by atoms with van der Waals surface area (Å²) in [5.41, 5.74) is 1.79. The average molecular weight is 346 g/mol. The van der Waals surface area contributed by atoms with Crippen molar-refractivity contribution in [3.63, 3.8) is 0 Å². The summed E-state index contributed by atoms with van der Waals surface area (Å²) in [6.45, 7) is 4.09. The lowest BCUT2D eigenvalue weighted by Gasteiger charge is -2.30. The predicted molar refractivity (Wildman–Crippen MR) is 94.6 cm³/mol. The highest BCUT2D eigenvalue weighted by molar-refractivity contribution is 5.71. The Labute approximate surface area is 147 Å². The zero-order chi connectivity index (χ0) is 18.2. The van der Waals surface area contributed by atoms with Crippen molar-refractivity contribution in [2.45, 2.75) is 45.6 Å². The van der Waals surface area contributed by atoms with Crippen molar-refractivity contribution in [2.75, 3.05) is 7.11 Å². The molecule has 1 atom stereocenters. The third kappa shape index (κ3) is 3.28. The van der Waals surface area contributed by atoms with Gasteiger partial charge in [-0.3, -0.25) is 0 Å². The zero-order valence-electron chi connectivity index (χ0n) is 14.9. The van der Waals surface area contributed by atoms with Gasteiger partial charge in [-0.1, -0.05) is 26.3 Å². The molecule has 1 aliphatic rings. The maximum Gasteiger partial charge on any atom is 0.131 e. The van der Waals surface area contributed by atoms with E-state index in [1.165, 1.54) is 31.4 Å². The Morgan fingerprint density at radius 2 is 1.92 bits per heavy atom. The van der Waals surface area contributed by atoms with Gasteiger partial charge >= 0.3 is 0 Å². The number of benzene rings is 2. The van der Waals surface area contributed by atoms with Crippen molar-refractivity contribution in [1.82, 2.24) is 0 Å². The van der Waals surface area contributed by atoms with E-state index in [1.807, 2.05) is 6.07 Å². The molecule has 4 heteroatoms. The van der Waals surface area contributed by atoms with Crippen LogP contribution in [0.4, 0.5) is 8.78 Å². The second-order valence-electron chi connectivity index (χ2n) is 7.48. The minimum Gasteiger partial charge on any atom is -0.497 e. The van der Waals surface area contributed by atoms with Gasteiger partial charge in [0.05, 0.1) is 13.7 Å². The number of aliphatic hydroxyl groups excluding tert-OH is 1. The lowest BCUT2D eigenvalue weighted by atomic mass is 9.75. The molecule has 0 radical (unpaired) electrons. The van der Waals surface area contributed by atoms with E-state index in [0.717, 1.165) is 24.8 Å². The minimum atomic E-state index is -0.503. The van der Waals surface area contributed by atoms with E-state index >= 15 is 0 Å². The summed E-state index contributed by atoms with van der Waals surface area (Å²) in [5.74, 6) is -0.377. The molecule has 2 aromatic carbocycles. The number of hydrogen-bond donors (Lipinski definition) is 1. The van der Waals surface area contributed by atoms with Crippen LogP contribution in [0.5, 0.6) is 5.75 Å². The van der Waals surface area contributed by atoms with Gasteiger partial charge in [0.2, 0.25) is 0 Å². The second-order valence-corrected chi connectivity index (χ2v) is 7.48. The molecule has 0 bridgehead atoms. The van der Waals surface area contributed by atoms with Gasteiger partial charge in [0, 0.05) is 11.1 Å². The van der Waals surface area contributed by atoms with Crippen LogP contribution in [0.25, 0.3) is 11.1 Å². The summed E-state index contributed by atoms with van der Waals surface area (Å²) in [5, 5.41) is 9.50. The van der Waals surface area contributed by atoms with Gasteiger partial charge in [-0.25, -0.2) is 8.78 Å². The van der Waals surface area contributed by atoms with Crippen molar-refractivity contribution in [1.29, 1.82) is 0 Å². The summed E-state index contributed by atoms with van der Waals surface area (Å²) >= 11 is 0. The molecule has 2 nitrogen and oxygen atoms in total. The van der Waals surface area contributed by atoms with E-state index in [-0.39, 0.29) is 29.1 Å².